The Labute approximate surface area is 199 Å². The fourth-order valence-electron chi connectivity index (χ4n) is 3.46. The Morgan fingerprint density at radius 2 is 2.00 bits per heavy atom. The minimum atomic E-state index is -2.37. The van der Waals surface area contributed by atoms with Crippen molar-refractivity contribution in [3.63, 3.8) is 0 Å². The van der Waals surface area contributed by atoms with E-state index < -0.39 is 17.2 Å². The summed E-state index contributed by atoms with van der Waals surface area (Å²) < 4.78 is 36.7. The highest BCUT2D eigenvalue weighted by Gasteiger charge is 2.16. The van der Waals surface area contributed by atoms with E-state index in [0.29, 0.717) is 36.8 Å². The lowest BCUT2D eigenvalue weighted by atomic mass is 10.1. The Balaban J connectivity index is 1.64. The number of aryl methyl sites for hydroxylation is 3. The number of thiophene rings is 1. The number of ether oxygens (including phenoxy) is 2. The van der Waals surface area contributed by atoms with Gasteiger partial charge in [0.05, 0.1) is 6.61 Å². The van der Waals surface area contributed by atoms with E-state index in [2.05, 4.69) is 0 Å². The second-order valence-electron chi connectivity index (χ2n) is 7.29. The fourth-order valence-corrected chi connectivity index (χ4v) is 5.60. The first-order chi connectivity index (χ1) is 15.3. The third-order valence-electron chi connectivity index (χ3n) is 5.00. The summed E-state index contributed by atoms with van der Waals surface area (Å²) in [7, 11) is 0. The molecule has 0 saturated heterocycles. The van der Waals surface area contributed by atoms with Crippen molar-refractivity contribution < 1.29 is 23.0 Å². The van der Waals surface area contributed by atoms with Crippen molar-refractivity contribution in [3.8, 4) is 5.75 Å². The first-order valence-corrected chi connectivity index (χ1v) is 12.5. The summed E-state index contributed by atoms with van der Waals surface area (Å²) in [5.41, 5.74) is 2.89. The molecule has 0 aliphatic carbocycles. The third kappa shape index (κ3) is 6.01. The molecule has 0 bridgehead atoms. The van der Waals surface area contributed by atoms with Gasteiger partial charge < -0.3 is 14.0 Å². The van der Waals surface area contributed by atoms with Gasteiger partial charge in [0.1, 0.15) is 10.8 Å². The van der Waals surface area contributed by atoms with Crippen LogP contribution in [-0.4, -0.2) is 34.5 Å². The molecule has 0 spiro atoms. The zero-order valence-electron chi connectivity index (χ0n) is 18.2. The van der Waals surface area contributed by atoms with Crippen LogP contribution in [0.5, 0.6) is 5.75 Å². The second-order valence-corrected chi connectivity index (χ2v) is 9.63. The SMILES string of the molecule is CCOC(=O)COc1ccc(CCCN(c2sc3ccc(Cl)cc3c2C)S(=O)[O-])cc1C. The van der Waals surface area contributed by atoms with Crippen molar-refractivity contribution in [2.75, 3.05) is 24.1 Å². The number of esters is 1. The van der Waals surface area contributed by atoms with E-state index in [9.17, 15) is 13.6 Å². The van der Waals surface area contributed by atoms with Gasteiger partial charge in [0.2, 0.25) is 0 Å². The quantitative estimate of drug-likeness (QED) is 0.280. The zero-order chi connectivity index (χ0) is 23.3. The fraction of sp³-hybridized carbons (Fsp3) is 0.348. The number of halogens is 1. The van der Waals surface area contributed by atoms with Crippen LogP contribution in [0.15, 0.2) is 36.4 Å². The van der Waals surface area contributed by atoms with Crippen molar-refractivity contribution >= 4 is 55.3 Å². The molecular formula is C23H25ClNO5S2-. The summed E-state index contributed by atoms with van der Waals surface area (Å²) in [6.45, 7) is 6.15. The Hall–Kier alpha value is -2.13. The molecule has 3 rings (SSSR count). The highest BCUT2D eigenvalue weighted by Crippen LogP contribution is 2.39. The highest BCUT2D eigenvalue weighted by atomic mass is 35.5. The number of benzene rings is 2. The van der Waals surface area contributed by atoms with Gasteiger partial charge in [-0.25, -0.2) is 4.79 Å². The van der Waals surface area contributed by atoms with Gasteiger partial charge in [-0.2, -0.15) is 0 Å². The molecule has 0 N–H and O–H groups in total. The van der Waals surface area contributed by atoms with Crippen LogP contribution in [0, 0.1) is 13.8 Å². The van der Waals surface area contributed by atoms with Crippen LogP contribution in [0.1, 0.15) is 30.0 Å². The lowest BCUT2D eigenvalue weighted by molar-refractivity contribution is -0.145. The zero-order valence-corrected chi connectivity index (χ0v) is 20.6. The van der Waals surface area contributed by atoms with Gasteiger partial charge in [-0.15, -0.1) is 11.3 Å². The molecule has 9 heteroatoms. The van der Waals surface area contributed by atoms with E-state index in [1.165, 1.54) is 15.6 Å². The van der Waals surface area contributed by atoms with Crippen LogP contribution in [0.3, 0.4) is 0 Å². The molecule has 2 aromatic carbocycles. The Morgan fingerprint density at radius 3 is 2.69 bits per heavy atom. The number of nitrogens with zero attached hydrogens (tertiary/aromatic N) is 1. The summed E-state index contributed by atoms with van der Waals surface area (Å²) in [5.74, 6) is 0.226. The summed E-state index contributed by atoms with van der Waals surface area (Å²) in [5, 5.41) is 2.32. The van der Waals surface area contributed by atoms with Crippen LogP contribution in [-0.2, 0) is 27.2 Å². The number of fused-ring (bicyclic) bond motifs is 1. The number of anilines is 1. The average Bonchev–Trinajstić information content (AvgIpc) is 3.06. The van der Waals surface area contributed by atoms with Crippen molar-refractivity contribution in [2.24, 2.45) is 0 Å². The second kappa shape index (κ2) is 11.1. The number of hydrogen-bond donors (Lipinski definition) is 0. The smallest absolute Gasteiger partial charge is 0.344 e. The summed E-state index contributed by atoms with van der Waals surface area (Å²) in [6, 6.07) is 11.3. The van der Waals surface area contributed by atoms with Gasteiger partial charge in [-0.3, -0.25) is 8.51 Å². The van der Waals surface area contributed by atoms with Crippen molar-refractivity contribution in [1.29, 1.82) is 0 Å². The number of hydrogen-bond acceptors (Lipinski definition) is 6. The summed E-state index contributed by atoms with van der Waals surface area (Å²) >= 11 is 5.18. The minimum Gasteiger partial charge on any atom is -0.755 e. The van der Waals surface area contributed by atoms with E-state index in [-0.39, 0.29) is 6.61 Å². The van der Waals surface area contributed by atoms with Crippen LogP contribution in [0.2, 0.25) is 5.02 Å². The predicted molar refractivity (Wildman–Crippen MR) is 129 cm³/mol. The van der Waals surface area contributed by atoms with Gasteiger partial charge in [0.15, 0.2) is 6.61 Å². The lowest BCUT2D eigenvalue weighted by Crippen LogP contribution is -2.26. The molecule has 0 aliphatic rings. The molecule has 1 unspecified atom stereocenters. The molecule has 0 saturated carbocycles. The maximum absolute atomic E-state index is 12.0. The topological polar surface area (TPSA) is 78.9 Å². The number of carbonyl (C=O) groups is 1. The Morgan fingerprint density at radius 1 is 1.22 bits per heavy atom. The molecule has 0 aliphatic heterocycles. The lowest BCUT2D eigenvalue weighted by Gasteiger charge is -2.25. The number of rotatable bonds is 10. The van der Waals surface area contributed by atoms with Gasteiger partial charge >= 0.3 is 5.97 Å². The molecule has 172 valence electrons. The predicted octanol–water partition coefficient (Wildman–Crippen LogP) is 5.35. The molecule has 1 heterocycles. The molecule has 0 fully saturated rings. The standard InChI is InChI=1S/C23H26ClNO5S2/c1-4-29-22(26)14-30-20-9-7-17(12-15(20)2)6-5-11-25(32(27)28)23-16(3)19-13-18(24)8-10-21(19)31-23/h7-10,12-13H,4-6,11,14H2,1-3H3,(H,27,28)/p-1. The van der Waals surface area contributed by atoms with Gasteiger partial charge in [0.25, 0.3) is 0 Å². The molecular weight excluding hydrogens is 470 g/mol. The largest absolute Gasteiger partial charge is 0.755 e. The normalized spacial score (nSPS) is 12.0. The molecule has 1 atom stereocenters. The van der Waals surface area contributed by atoms with Crippen LogP contribution in [0.4, 0.5) is 5.00 Å². The maximum atomic E-state index is 12.0. The molecule has 0 radical (unpaired) electrons. The minimum absolute atomic E-state index is 0.127. The molecule has 0 amide bonds. The summed E-state index contributed by atoms with van der Waals surface area (Å²) in [4.78, 5) is 11.5. The molecule has 1 aromatic heterocycles. The van der Waals surface area contributed by atoms with E-state index in [4.69, 9.17) is 21.1 Å². The van der Waals surface area contributed by atoms with Crippen LogP contribution >= 0.6 is 22.9 Å². The Bertz CT molecular complexity index is 1130. The molecule has 6 nitrogen and oxygen atoms in total. The maximum Gasteiger partial charge on any atom is 0.344 e. The van der Waals surface area contributed by atoms with Gasteiger partial charge in [-0.1, -0.05) is 23.7 Å². The van der Waals surface area contributed by atoms with E-state index in [1.807, 2.05) is 50.2 Å². The average molecular weight is 495 g/mol. The first kappa shape index (κ1) is 24.5. The highest BCUT2D eigenvalue weighted by molar-refractivity contribution is 7.81. The summed E-state index contributed by atoms with van der Waals surface area (Å²) in [6.07, 6.45) is 1.37. The molecule has 32 heavy (non-hydrogen) atoms. The van der Waals surface area contributed by atoms with Crippen molar-refractivity contribution in [2.45, 2.75) is 33.6 Å². The number of carbonyl (C=O) groups excluding carboxylic acids is 1. The van der Waals surface area contributed by atoms with E-state index >= 15 is 0 Å². The van der Waals surface area contributed by atoms with Crippen molar-refractivity contribution in [3.05, 3.63) is 58.1 Å². The van der Waals surface area contributed by atoms with Crippen LogP contribution in [0.25, 0.3) is 10.1 Å². The Kier molecular flexibility index (Phi) is 8.53. The monoisotopic (exact) mass is 494 g/mol. The van der Waals surface area contributed by atoms with E-state index in [1.54, 1.807) is 6.92 Å². The van der Waals surface area contributed by atoms with Crippen LogP contribution < -0.4 is 9.04 Å². The van der Waals surface area contributed by atoms with E-state index in [0.717, 1.165) is 31.8 Å². The van der Waals surface area contributed by atoms with Gasteiger partial charge in [-0.05, 0) is 80.0 Å². The first-order valence-electron chi connectivity index (χ1n) is 10.2. The third-order valence-corrected chi connectivity index (χ3v) is 7.37. The van der Waals surface area contributed by atoms with Crippen molar-refractivity contribution in [1.82, 2.24) is 0 Å². The van der Waals surface area contributed by atoms with Gasteiger partial charge in [0, 0.05) is 27.5 Å². The molecule has 3 aromatic rings.